The molecule has 0 aliphatic heterocycles. The third kappa shape index (κ3) is 3.85. The summed E-state index contributed by atoms with van der Waals surface area (Å²) in [6.45, 7) is 2.46. The fourth-order valence-corrected chi connectivity index (χ4v) is 3.10. The minimum Gasteiger partial charge on any atom is -0.508 e. The average molecular weight is 317 g/mol. The number of rotatable bonds is 6. The first-order valence-electron chi connectivity index (χ1n) is 7.38. The van der Waals surface area contributed by atoms with E-state index in [9.17, 15) is 9.90 Å². The third-order valence-corrected chi connectivity index (χ3v) is 4.63. The van der Waals surface area contributed by atoms with Gasteiger partial charge in [-0.3, -0.25) is 4.79 Å². The van der Waals surface area contributed by atoms with Crippen molar-refractivity contribution in [3.8, 4) is 5.75 Å². The van der Waals surface area contributed by atoms with Crippen LogP contribution in [0.3, 0.4) is 0 Å². The molecule has 0 saturated heterocycles. The van der Waals surface area contributed by atoms with Crippen LogP contribution in [0.1, 0.15) is 24.4 Å². The summed E-state index contributed by atoms with van der Waals surface area (Å²) in [5.41, 5.74) is 0. The molecule has 1 aliphatic carbocycles. The van der Waals surface area contributed by atoms with Crippen LogP contribution in [0.4, 0.5) is 0 Å². The van der Waals surface area contributed by atoms with Crippen LogP contribution in [0.2, 0.25) is 0 Å². The maximum atomic E-state index is 12.5. The summed E-state index contributed by atoms with van der Waals surface area (Å²) in [7, 11) is 0. The summed E-state index contributed by atoms with van der Waals surface area (Å²) in [4.78, 5) is 15.4. The quantitative estimate of drug-likeness (QED) is 0.828. The maximum Gasteiger partial charge on any atom is 0.233 e. The number of phenols is 1. The van der Waals surface area contributed by atoms with E-state index in [1.54, 1.807) is 12.1 Å². The van der Waals surface area contributed by atoms with Crippen LogP contribution in [0, 0.1) is 6.92 Å². The number of phenolic OH excluding ortho intramolecular Hbond substituents is 1. The van der Waals surface area contributed by atoms with Crippen LogP contribution in [-0.4, -0.2) is 27.7 Å². The molecule has 22 heavy (non-hydrogen) atoms. The van der Waals surface area contributed by atoms with Crippen molar-refractivity contribution in [2.45, 2.75) is 37.2 Å². The van der Waals surface area contributed by atoms with Gasteiger partial charge in [0.25, 0.3) is 0 Å². The highest BCUT2D eigenvalue weighted by molar-refractivity contribution is 8.00. The molecule has 1 aliphatic rings. The largest absolute Gasteiger partial charge is 0.508 e. The first-order chi connectivity index (χ1) is 10.6. The monoisotopic (exact) mass is 317 g/mol. The molecule has 4 nitrogen and oxygen atoms in total. The van der Waals surface area contributed by atoms with Gasteiger partial charge in [-0.15, -0.1) is 11.8 Å². The number of thioether (sulfide) groups is 1. The minimum atomic E-state index is 0.134. The maximum absolute atomic E-state index is 12.5. The standard InChI is InChI=1S/C17H19NO3S/c1-12-2-7-15(21-12)10-18(13-3-4-13)17(20)11-22-16-8-5-14(19)6-9-16/h2,5-9,13,19H,3-4,10-11H2,1H3. The van der Waals surface area contributed by atoms with Crippen molar-refractivity contribution in [2.24, 2.45) is 0 Å². The number of hydrogen-bond acceptors (Lipinski definition) is 4. The summed E-state index contributed by atoms with van der Waals surface area (Å²) < 4.78 is 5.59. The lowest BCUT2D eigenvalue weighted by atomic mass is 10.3. The molecule has 1 aromatic heterocycles. The van der Waals surface area contributed by atoms with Crippen LogP contribution in [0.15, 0.2) is 45.7 Å². The van der Waals surface area contributed by atoms with E-state index in [4.69, 9.17) is 4.42 Å². The van der Waals surface area contributed by atoms with Crippen molar-refractivity contribution < 1.29 is 14.3 Å². The molecule has 1 fully saturated rings. The summed E-state index contributed by atoms with van der Waals surface area (Å²) in [5.74, 6) is 2.49. The molecule has 0 atom stereocenters. The van der Waals surface area contributed by atoms with Gasteiger partial charge in [-0.2, -0.15) is 0 Å². The molecule has 3 rings (SSSR count). The van der Waals surface area contributed by atoms with E-state index in [2.05, 4.69) is 0 Å². The molecular formula is C17H19NO3S. The second-order valence-electron chi connectivity index (χ2n) is 5.55. The van der Waals surface area contributed by atoms with Gasteiger partial charge in [0.15, 0.2) is 0 Å². The van der Waals surface area contributed by atoms with Crippen LogP contribution in [0.5, 0.6) is 5.75 Å². The van der Waals surface area contributed by atoms with Gasteiger partial charge in [-0.25, -0.2) is 0 Å². The van der Waals surface area contributed by atoms with Crippen LogP contribution >= 0.6 is 11.8 Å². The molecule has 0 radical (unpaired) electrons. The number of aromatic hydroxyl groups is 1. The van der Waals surface area contributed by atoms with Gasteiger partial charge in [0.05, 0.1) is 12.3 Å². The van der Waals surface area contributed by atoms with Crippen molar-refractivity contribution in [2.75, 3.05) is 5.75 Å². The molecule has 0 unspecified atom stereocenters. The molecule has 1 amide bonds. The zero-order valence-corrected chi connectivity index (χ0v) is 13.3. The summed E-state index contributed by atoms with van der Waals surface area (Å²) in [6.07, 6.45) is 2.16. The van der Waals surface area contributed by atoms with E-state index in [1.807, 2.05) is 36.1 Å². The van der Waals surface area contributed by atoms with Crippen LogP contribution in [0.25, 0.3) is 0 Å². The molecule has 2 aromatic rings. The Kier molecular flexibility index (Phi) is 4.43. The molecular weight excluding hydrogens is 298 g/mol. The highest BCUT2D eigenvalue weighted by Gasteiger charge is 2.32. The Hall–Kier alpha value is -1.88. The van der Waals surface area contributed by atoms with Crippen molar-refractivity contribution in [1.82, 2.24) is 4.90 Å². The highest BCUT2D eigenvalue weighted by atomic mass is 32.2. The minimum absolute atomic E-state index is 0.134. The number of carbonyl (C=O) groups is 1. The highest BCUT2D eigenvalue weighted by Crippen LogP contribution is 2.30. The predicted molar refractivity (Wildman–Crippen MR) is 85.8 cm³/mol. The molecule has 1 aromatic carbocycles. The van der Waals surface area contributed by atoms with Crippen molar-refractivity contribution in [1.29, 1.82) is 0 Å². The normalized spacial score (nSPS) is 14.0. The first-order valence-corrected chi connectivity index (χ1v) is 8.37. The predicted octanol–water partition coefficient (Wildman–Crippen LogP) is 3.58. The Bertz CT molecular complexity index is 646. The van der Waals surface area contributed by atoms with E-state index in [0.717, 1.165) is 29.3 Å². The second-order valence-corrected chi connectivity index (χ2v) is 6.60. The van der Waals surface area contributed by atoms with Crippen LogP contribution in [-0.2, 0) is 11.3 Å². The number of furan rings is 1. The van der Waals surface area contributed by atoms with E-state index >= 15 is 0 Å². The third-order valence-electron chi connectivity index (χ3n) is 3.63. The Morgan fingerprint density at radius 2 is 2.00 bits per heavy atom. The number of aryl methyl sites for hydroxylation is 1. The van der Waals surface area contributed by atoms with Crippen LogP contribution < -0.4 is 0 Å². The van der Waals surface area contributed by atoms with Gasteiger partial charge in [0, 0.05) is 10.9 Å². The van der Waals surface area contributed by atoms with E-state index in [0.29, 0.717) is 18.3 Å². The summed E-state index contributed by atoms with van der Waals surface area (Å²) in [6, 6.07) is 11.1. The van der Waals surface area contributed by atoms with Gasteiger partial charge >= 0.3 is 0 Å². The average Bonchev–Trinajstić information content (AvgIpc) is 3.26. The van der Waals surface area contributed by atoms with E-state index < -0.39 is 0 Å². The lowest BCUT2D eigenvalue weighted by Crippen LogP contribution is -2.33. The topological polar surface area (TPSA) is 53.7 Å². The lowest BCUT2D eigenvalue weighted by Gasteiger charge is -2.21. The molecule has 0 bridgehead atoms. The second kappa shape index (κ2) is 6.48. The smallest absolute Gasteiger partial charge is 0.233 e. The lowest BCUT2D eigenvalue weighted by molar-refractivity contribution is -0.129. The molecule has 1 saturated carbocycles. The van der Waals surface area contributed by atoms with Crippen molar-refractivity contribution >= 4 is 17.7 Å². The zero-order chi connectivity index (χ0) is 15.5. The fourth-order valence-electron chi connectivity index (χ4n) is 2.32. The van der Waals surface area contributed by atoms with Gasteiger partial charge in [-0.1, -0.05) is 0 Å². The van der Waals surface area contributed by atoms with Gasteiger partial charge in [0.1, 0.15) is 17.3 Å². The fraction of sp³-hybridized carbons (Fsp3) is 0.353. The molecule has 1 N–H and O–H groups in total. The van der Waals surface area contributed by atoms with Crippen molar-refractivity contribution in [3.05, 3.63) is 47.9 Å². The SMILES string of the molecule is Cc1ccc(CN(C(=O)CSc2ccc(O)cc2)C2CC2)o1. The van der Waals surface area contributed by atoms with Gasteiger partial charge < -0.3 is 14.4 Å². The van der Waals surface area contributed by atoms with Gasteiger partial charge in [0.2, 0.25) is 5.91 Å². The Labute approximate surface area is 134 Å². The van der Waals surface area contributed by atoms with Crippen molar-refractivity contribution in [3.63, 3.8) is 0 Å². The number of carbonyl (C=O) groups excluding carboxylic acids is 1. The Morgan fingerprint density at radius 1 is 1.27 bits per heavy atom. The number of benzene rings is 1. The summed E-state index contributed by atoms with van der Waals surface area (Å²) in [5, 5.41) is 9.27. The van der Waals surface area contributed by atoms with E-state index in [1.165, 1.54) is 11.8 Å². The Balaban J connectivity index is 1.59. The zero-order valence-electron chi connectivity index (χ0n) is 12.5. The number of hydrogen-bond donors (Lipinski definition) is 1. The van der Waals surface area contributed by atoms with Gasteiger partial charge in [-0.05, 0) is 56.2 Å². The number of nitrogens with zero attached hydrogens (tertiary/aromatic N) is 1. The first kappa shape index (κ1) is 15.0. The summed E-state index contributed by atoms with van der Waals surface area (Å²) >= 11 is 1.49. The molecule has 5 heteroatoms. The molecule has 116 valence electrons. The Morgan fingerprint density at radius 3 is 2.59 bits per heavy atom. The van der Waals surface area contributed by atoms with E-state index in [-0.39, 0.29) is 11.7 Å². The molecule has 0 spiro atoms. The molecule has 1 heterocycles. The number of amides is 1.